The molecule has 0 aliphatic heterocycles. The highest BCUT2D eigenvalue weighted by Crippen LogP contribution is 2.36. The third kappa shape index (κ3) is 3.90. The first-order valence-electron chi connectivity index (χ1n) is 8.06. The van der Waals surface area contributed by atoms with Crippen LogP contribution in [0.5, 0.6) is 11.5 Å². The van der Waals surface area contributed by atoms with E-state index in [9.17, 15) is 4.79 Å². The Morgan fingerprint density at radius 1 is 1.04 bits per heavy atom. The van der Waals surface area contributed by atoms with Gasteiger partial charge < -0.3 is 14.8 Å². The standard InChI is InChI=1S/C20H24ClNO3/c1-11-7-12(2)20(14(4)23)13(3)15(11)10-22-17-9-18(24-5)16(21)8-19(17)25-6/h7-9,22H,10H2,1-6H3. The zero-order valence-electron chi connectivity index (χ0n) is 15.5. The number of ketones is 1. The van der Waals surface area contributed by atoms with Gasteiger partial charge >= 0.3 is 0 Å². The molecule has 0 saturated heterocycles. The van der Waals surface area contributed by atoms with Gasteiger partial charge in [0.05, 0.1) is 24.9 Å². The third-order valence-electron chi connectivity index (χ3n) is 4.41. The average Bonchev–Trinajstić information content (AvgIpc) is 2.54. The number of rotatable bonds is 6. The molecule has 0 unspecified atom stereocenters. The largest absolute Gasteiger partial charge is 0.495 e. The molecule has 0 fully saturated rings. The molecule has 1 N–H and O–H groups in total. The van der Waals surface area contributed by atoms with Crippen LogP contribution in [-0.4, -0.2) is 20.0 Å². The van der Waals surface area contributed by atoms with Crippen LogP contribution >= 0.6 is 11.6 Å². The summed E-state index contributed by atoms with van der Waals surface area (Å²) in [6.07, 6.45) is 0. The van der Waals surface area contributed by atoms with Crippen LogP contribution in [0, 0.1) is 20.8 Å². The lowest BCUT2D eigenvalue weighted by atomic mass is 9.91. The fraction of sp³-hybridized carbons (Fsp3) is 0.350. The minimum Gasteiger partial charge on any atom is -0.495 e. The normalized spacial score (nSPS) is 10.5. The number of anilines is 1. The lowest BCUT2D eigenvalue weighted by Crippen LogP contribution is -2.10. The van der Waals surface area contributed by atoms with Crippen molar-refractivity contribution in [2.24, 2.45) is 0 Å². The zero-order chi connectivity index (χ0) is 18.7. The maximum atomic E-state index is 12.0. The summed E-state index contributed by atoms with van der Waals surface area (Å²) in [5, 5.41) is 3.87. The number of methoxy groups -OCH3 is 2. The van der Waals surface area contributed by atoms with Crippen LogP contribution in [0.15, 0.2) is 18.2 Å². The SMILES string of the molecule is COc1cc(NCc2c(C)cc(C)c(C(C)=O)c2C)c(OC)cc1Cl. The predicted octanol–water partition coefficient (Wildman–Crippen LogP) is 5.10. The number of Topliss-reactive ketones (excluding diaryl/α,β-unsaturated/α-hetero) is 1. The lowest BCUT2D eigenvalue weighted by Gasteiger charge is -2.18. The Labute approximate surface area is 154 Å². The molecule has 134 valence electrons. The van der Waals surface area contributed by atoms with Crippen molar-refractivity contribution in [3.8, 4) is 11.5 Å². The molecule has 0 aliphatic carbocycles. The zero-order valence-corrected chi connectivity index (χ0v) is 16.3. The second kappa shape index (κ2) is 7.79. The van der Waals surface area contributed by atoms with Gasteiger partial charge in [0.2, 0.25) is 0 Å². The quantitative estimate of drug-likeness (QED) is 0.727. The molecule has 0 saturated carbocycles. The number of hydrogen-bond donors (Lipinski definition) is 1. The van der Waals surface area contributed by atoms with E-state index >= 15 is 0 Å². The van der Waals surface area contributed by atoms with E-state index in [1.54, 1.807) is 27.2 Å². The molecule has 2 aromatic carbocycles. The number of carbonyl (C=O) groups excluding carboxylic acids is 1. The molecular formula is C20H24ClNO3. The second-order valence-electron chi connectivity index (χ2n) is 6.09. The van der Waals surface area contributed by atoms with Crippen molar-refractivity contribution >= 4 is 23.1 Å². The Bertz CT molecular complexity index is 815. The van der Waals surface area contributed by atoms with Crippen LogP contribution < -0.4 is 14.8 Å². The topological polar surface area (TPSA) is 47.6 Å². The Morgan fingerprint density at radius 3 is 2.24 bits per heavy atom. The molecule has 0 radical (unpaired) electrons. The highest BCUT2D eigenvalue weighted by atomic mass is 35.5. The van der Waals surface area contributed by atoms with Crippen LogP contribution in [0.1, 0.15) is 39.5 Å². The number of ether oxygens (including phenoxy) is 2. The van der Waals surface area contributed by atoms with Gasteiger partial charge in [0.15, 0.2) is 5.78 Å². The molecule has 0 bridgehead atoms. The van der Waals surface area contributed by atoms with Gasteiger partial charge in [0.25, 0.3) is 0 Å². The first kappa shape index (κ1) is 19.1. The van der Waals surface area contributed by atoms with Gasteiger partial charge in [-0.05, 0) is 49.9 Å². The fourth-order valence-corrected chi connectivity index (χ4v) is 3.45. The molecule has 5 heteroatoms. The molecule has 0 heterocycles. The molecule has 25 heavy (non-hydrogen) atoms. The van der Waals surface area contributed by atoms with Crippen molar-refractivity contribution in [1.29, 1.82) is 0 Å². The van der Waals surface area contributed by atoms with Crippen molar-refractivity contribution in [3.05, 3.63) is 51.0 Å². The fourth-order valence-electron chi connectivity index (χ4n) is 3.22. The number of hydrogen-bond acceptors (Lipinski definition) is 4. The highest BCUT2D eigenvalue weighted by Gasteiger charge is 2.15. The van der Waals surface area contributed by atoms with Gasteiger partial charge in [-0.2, -0.15) is 0 Å². The number of aryl methyl sites for hydroxylation is 2. The molecule has 2 aromatic rings. The van der Waals surface area contributed by atoms with Crippen molar-refractivity contribution < 1.29 is 14.3 Å². The second-order valence-corrected chi connectivity index (χ2v) is 6.49. The maximum Gasteiger partial charge on any atom is 0.160 e. The van der Waals surface area contributed by atoms with E-state index < -0.39 is 0 Å². The first-order valence-corrected chi connectivity index (χ1v) is 8.43. The highest BCUT2D eigenvalue weighted by molar-refractivity contribution is 6.32. The maximum absolute atomic E-state index is 12.0. The summed E-state index contributed by atoms with van der Waals surface area (Å²) in [4.78, 5) is 12.0. The Kier molecular flexibility index (Phi) is 5.96. The molecular weight excluding hydrogens is 338 g/mol. The monoisotopic (exact) mass is 361 g/mol. The van der Waals surface area contributed by atoms with Gasteiger partial charge in [0, 0.05) is 24.2 Å². The van der Waals surface area contributed by atoms with Gasteiger partial charge in [-0.25, -0.2) is 0 Å². The molecule has 4 nitrogen and oxygen atoms in total. The first-order chi connectivity index (χ1) is 11.8. The van der Waals surface area contributed by atoms with E-state index in [-0.39, 0.29) is 5.78 Å². The Hall–Kier alpha value is -2.20. The van der Waals surface area contributed by atoms with E-state index in [4.69, 9.17) is 21.1 Å². The number of halogens is 1. The molecule has 0 aliphatic rings. The number of nitrogens with one attached hydrogen (secondary N) is 1. The molecule has 0 aromatic heterocycles. The summed E-state index contributed by atoms with van der Waals surface area (Å²) in [7, 11) is 3.17. The average molecular weight is 362 g/mol. The molecule has 0 amide bonds. The lowest BCUT2D eigenvalue weighted by molar-refractivity contribution is 0.101. The van der Waals surface area contributed by atoms with E-state index in [1.165, 1.54) is 0 Å². The van der Waals surface area contributed by atoms with Gasteiger partial charge in [-0.15, -0.1) is 0 Å². The summed E-state index contributed by atoms with van der Waals surface area (Å²) in [6, 6.07) is 5.59. The summed E-state index contributed by atoms with van der Waals surface area (Å²) < 4.78 is 10.7. The Balaban J connectivity index is 2.40. The summed E-state index contributed by atoms with van der Waals surface area (Å²) in [5.74, 6) is 1.30. The molecule has 2 rings (SSSR count). The van der Waals surface area contributed by atoms with Gasteiger partial charge in [0.1, 0.15) is 11.5 Å². The number of benzene rings is 2. The van der Waals surface area contributed by atoms with Gasteiger partial charge in [-0.3, -0.25) is 4.79 Å². The summed E-state index contributed by atoms with van der Waals surface area (Å²) in [5.41, 5.74) is 5.85. The minimum atomic E-state index is 0.0852. The summed E-state index contributed by atoms with van der Waals surface area (Å²) >= 11 is 6.15. The Morgan fingerprint density at radius 2 is 1.68 bits per heavy atom. The van der Waals surface area contributed by atoms with Gasteiger partial charge in [-0.1, -0.05) is 17.7 Å². The van der Waals surface area contributed by atoms with E-state index in [0.29, 0.717) is 23.1 Å². The van der Waals surface area contributed by atoms with Crippen LogP contribution in [0.25, 0.3) is 0 Å². The van der Waals surface area contributed by atoms with Crippen LogP contribution in [-0.2, 0) is 6.54 Å². The smallest absolute Gasteiger partial charge is 0.160 e. The third-order valence-corrected chi connectivity index (χ3v) is 4.71. The van der Waals surface area contributed by atoms with Crippen LogP contribution in [0.4, 0.5) is 5.69 Å². The molecule has 0 atom stereocenters. The van der Waals surface area contributed by atoms with Crippen molar-refractivity contribution in [2.45, 2.75) is 34.2 Å². The minimum absolute atomic E-state index is 0.0852. The predicted molar refractivity (Wildman–Crippen MR) is 103 cm³/mol. The van der Waals surface area contributed by atoms with E-state index in [2.05, 4.69) is 18.3 Å². The molecule has 0 spiro atoms. The van der Waals surface area contributed by atoms with Crippen LogP contribution in [0.3, 0.4) is 0 Å². The van der Waals surface area contributed by atoms with E-state index in [1.807, 2.05) is 19.9 Å². The number of carbonyl (C=O) groups is 1. The van der Waals surface area contributed by atoms with Crippen LogP contribution in [0.2, 0.25) is 5.02 Å². The van der Waals surface area contributed by atoms with Crippen molar-refractivity contribution in [1.82, 2.24) is 0 Å². The van der Waals surface area contributed by atoms with Crippen molar-refractivity contribution in [2.75, 3.05) is 19.5 Å². The summed E-state index contributed by atoms with van der Waals surface area (Å²) in [6.45, 7) is 8.20. The van der Waals surface area contributed by atoms with Crippen molar-refractivity contribution in [3.63, 3.8) is 0 Å². The van der Waals surface area contributed by atoms with E-state index in [0.717, 1.165) is 33.5 Å².